The highest BCUT2D eigenvalue weighted by Gasteiger charge is 2.51. The molecule has 0 radical (unpaired) electrons. The van der Waals surface area contributed by atoms with Gasteiger partial charge in [-0.2, -0.15) is 5.26 Å². The van der Waals surface area contributed by atoms with Gasteiger partial charge in [-0.1, -0.05) is 78.9 Å². The zero-order valence-electron chi connectivity index (χ0n) is 14.6. The summed E-state index contributed by atoms with van der Waals surface area (Å²) in [7, 11) is 0. The fraction of sp³-hybridized carbons (Fsp3) is 0.0385. The molecule has 2 aliphatic rings. The van der Waals surface area contributed by atoms with Crippen LogP contribution in [0.5, 0.6) is 0 Å². The lowest BCUT2D eigenvalue weighted by Crippen LogP contribution is -2.25. The van der Waals surface area contributed by atoms with Crippen LogP contribution in [0.15, 0.2) is 91.0 Å². The van der Waals surface area contributed by atoms with Crippen molar-refractivity contribution in [3.63, 3.8) is 0 Å². The van der Waals surface area contributed by atoms with Crippen LogP contribution in [0.4, 0.5) is 0 Å². The molecule has 0 saturated carbocycles. The summed E-state index contributed by atoms with van der Waals surface area (Å²) in [6.45, 7) is 0. The summed E-state index contributed by atoms with van der Waals surface area (Å²) in [4.78, 5) is 0. The van der Waals surface area contributed by atoms with E-state index in [1.165, 1.54) is 44.5 Å². The Morgan fingerprint density at radius 3 is 1.48 bits per heavy atom. The van der Waals surface area contributed by atoms with Crippen molar-refractivity contribution in [2.24, 2.45) is 0 Å². The van der Waals surface area contributed by atoms with Crippen LogP contribution in [0, 0.1) is 11.3 Å². The first kappa shape index (κ1) is 14.5. The number of nitrogens with zero attached hydrogens (tertiary/aromatic N) is 1. The lowest BCUT2D eigenvalue weighted by molar-refractivity contribution is 0.793. The third-order valence-corrected chi connectivity index (χ3v) is 6.13. The molecule has 124 valence electrons. The van der Waals surface area contributed by atoms with E-state index in [2.05, 4.69) is 84.9 Å². The highest BCUT2D eigenvalue weighted by Crippen LogP contribution is 2.62. The predicted molar refractivity (Wildman–Crippen MR) is 107 cm³/mol. The van der Waals surface area contributed by atoms with Gasteiger partial charge in [-0.15, -0.1) is 0 Å². The van der Waals surface area contributed by atoms with Gasteiger partial charge in [0.05, 0.1) is 17.0 Å². The lowest BCUT2D eigenvalue weighted by atomic mass is 9.70. The molecule has 4 aromatic rings. The number of rotatable bonds is 0. The fourth-order valence-electron chi connectivity index (χ4n) is 5.17. The molecule has 0 fully saturated rings. The van der Waals surface area contributed by atoms with Gasteiger partial charge in [0.25, 0.3) is 0 Å². The first-order chi connectivity index (χ1) is 13.4. The number of benzene rings is 4. The van der Waals surface area contributed by atoms with Gasteiger partial charge in [0, 0.05) is 0 Å². The van der Waals surface area contributed by atoms with E-state index in [9.17, 15) is 5.26 Å². The van der Waals surface area contributed by atoms with Crippen molar-refractivity contribution in [3.05, 3.63) is 119 Å². The predicted octanol–water partition coefficient (Wildman–Crippen LogP) is 5.90. The minimum atomic E-state index is -0.299. The van der Waals surface area contributed by atoms with Gasteiger partial charge in [0.15, 0.2) is 0 Å². The molecule has 0 aromatic heterocycles. The summed E-state index contributed by atoms with van der Waals surface area (Å²) in [6.07, 6.45) is 0. The maximum atomic E-state index is 9.44. The molecule has 2 aliphatic carbocycles. The van der Waals surface area contributed by atoms with E-state index in [0.717, 1.165) is 0 Å². The molecule has 0 amide bonds. The smallest absolute Gasteiger partial charge is 0.0991 e. The van der Waals surface area contributed by atoms with Crippen LogP contribution in [0.25, 0.3) is 22.3 Å². The molecule has 0 atom stereocenters. The molecule has 1 heteroatoms. The summed E-state index contributed by atoms with van der Waals surface area (Å²) in [5.74, 6) is 0. The molecule has 0 N–H and O–H groups in total. The van der Waals surface area contributed by atoms with E-state index >= 15 is 0 Å². The largest absolute Gasteiger partial charge is 0.192 e. The third-order valence-electron chi connectivity index (χ3n) is 6.13. The first-order valence-electron chi connectivity index (χ1n) is 9.19. The van der Waals surface area contributed by atoms with Crippen molar-refractivity contribution in [2.75, 3.05) is 0 Å². The first-order valence-corrected chi connectivity index (χ1v) is 9.19. The van der Waals surface area contributed by atoms with Gasteiger partial charge in [-0.25, -0.2) is 0 Å². The Balaban J connectivity index is 1.85. The van der Waals surface area contributed by atoms with Gasteiger partial charge in [0.2, 0.25) is 0 Å². The monoisotopic (exact) mass is 341 g/mol. The molecule has 1 nitrogen and oxygen atoms in total. The van der Waals surface area contributed by atoms with Crippen LogP contribution in [0.1, 0.15) is 27.8 Å². The standard InChI is InChI=1S/C26H15N/c27-16-17-13-14-25-21(15-17)20-9-3-6-12-24(20)26(25)22-10-4-1-7-18(22)19-8-2-5-11-23(19)26/h1-15H. The molecule has 6 rings (SSSR count). The molecular weight excluding hydrogens is 326 g/mol. The van der Waals surface area contributed by atoms with Crippen LogP contribution in [0.3, 0.4) is 0 Å². The zero-order chi connectivity index (χ0) is 18.0. The highest BCUT2D eigenvalue weighted by molar-refractivity contribution is 5.95. The zero-order valence-corrected chi connectivity index (χ0v) is 14.6. The van der Waals surface area contributed by atoms with Crippen molar-refractivity contribution in [1.29, 1.82) is 5.26 Å². The number of nitriles is 1. The number of hydrogen-bond donors (Lipinski definition) is 0. The summed E-state index contributed by atoms with van der Waals surface area (Å²) >= 11 is 0. The van der Waals surface area contributed by atoms with Gasteiger partial charge < -0.3 is 0 Å². The molecular formula is C26H15N. The molecule has 0 unspecified atom stereocenters. The topological polar surface area (TPSA) is 23.8 Å². The van der Waals surface area contributed by atoms with Crippen LogP contribution in [-0.4, -0.2) is 0 Å². The van der Waals surface area contributed by atoms with Gasteiger partial charge >= 0.3 is 0 Å². The van der Waals surface area contributed by atoms with Gasteiger partial charge in [0.1, 0.15) is 0 Å². The molecule has 1 spiro atoms. The van der Waals surface area contributed by atoms with Crippen LogP contribution >= 0.6 is 0 Å². The number of fused-ring (bicyclic) bond motifs is 10. The van der Waals surface area contributed by atoms with Crippen LogP contribution < -0.4 is 0 Å². The van der Waals surface area contributed by atoms with E-state index in [-0.39, 0.29) is 5.41 Å². The Hall–Kier alpha value is -3.63. The second kappa shape index (κ2) is 4.96. The van der Waals surface area contributed by atoms with Crippen molar-refractivity contribution >= 4 is 0 Å². The summed E-state index contributed by atoms with van der Waals surface area (Å²) in [6, 6.07) is 34.6. The normalized spacial score (nSPS) is 14.2. The average Bonchev–Trinajstić information content (AvgIpc) is 3.21. The Kier molecular flexibility index (Phi) is 2.67. The van der Waals surface area contributed by atoms with Crippen molar-refractivity contribution in [1.82, 2.24) is 0 Å². The summed E-state index contributed by atoms with van der Waals surface area (Å²) in [5, 5.41) is 9.44. The highest BCUT2D eigenvalue weighted by atomic mass is 14.5. The van der Waals surface area contributed by atoms with Crippen molar-refractivity contribution < 1.29 is 0 Å². The van der Waals surface area contributed by atoms with Crippen LogP contribution in [-0.2, 0) is 5.41 Å². The Labute approximate surface area is 158 Å². The second-order valence-corrected chi connectivity index (χ2v) is 7.26. The molecule has 27 heavy (non-hydrogen) atoms. The van der Waals surface area contributed by atoms with Gasteiger partial charge in [-0.3, -0.25) is 0 Å². The van der Waals surface area contributed by atoms with Crippen molar-refractivity contribution in [3.8, 4) is 28.3 Å². The lowest BCUT2D eigenvalue weighted by Gasteiger charge is -2.30. The Bertz CT molecular complexity index is 1240. The van der Waals surface area contributed by atoms with E-state index < -0.39 is 0 Å². The van der Waals surface area contributed by atoms with Crippen LogP contribution in [0.2, 0.25) is 0 Å². The quantitative estimate of drug-likeness (QED) is 0.337. The van der Waals surface area contributed by atoms with Crippen molar-refractivity contribution in [2.45, 2.75) is 5.41 Å². The van der Waals surface area contributed by atoms with E-state index in [1.54, 1.807) is 0 Å². The SMILES string of the molecule is N#Cc1ccc2c(c1)-c1ccccc1C21c2ccccc2-c2ccccc21. The molecule has 4 aromatic carbocycles. The molecule has 0 aliphatic heterocycles. The fourth-order valence-corrected chi connectivity index (χ4v) is 5.17. The average molecular weight is 341 g/mol. The van der Waals surface area contributed by atoms with Gasteiger partial charge in [-0.05, 0) is 56.6 Å². The minimum Gasteiger partial charge on any atom is -0.192 e. The molecule has 0 saturated heterocycles. The summed E-state index contributed by atoms with van der Waals surface area (Å²) < 4.78 is 0. The molecule has 0 bridgehead atoms. The van der Waals surface area contributed by atoms with E-state index in [4.69, 9.17) is 0 Å². The second-order valence-electron chi connectivity index (χ2n) is 7.26. The van der Waals surface area contributed by atoms with E-state index in [1.807, 2.05) is 12.1 Å². The minimum absolute atomic E-state index is 0.299. The third kappa shape index (κ3) is 1.59. The summed E-state index contributed by atoms with van der Waals surface area (Å²) in [5.41, 5.74) is 10.7. The van der Waals surface area contributed by atoms with E-state index in [0.29, 0.717) is 5.56 Å². The Morgan fingerprint density at radius 1 is 0.519 bits per heavy atom. The Morgan fingerprint density at radius 2 is 0.963 bits per heavy atom. The molecule has 0 heterocycles. The maximum Gasteiger partial charge on any atom is 0.0991 e. The number of hydrogen-bond acceptors (Lipinski definition) is 1. The maximum absolute atomic E-state index is 9.44.